The summed E-state index contributed by atoms with van der Waals surface area (Å²) in [6.07, 6.45) is 0. The van der Waals surface area contributed by atoms with Crippen LogP contribution in [0.15, 0.2) is 35.1 Å². The first-order valence-electron chi connectivity index (χ1n) is 5.82. The normalized spacial score (nSPS) is 10.5. The Bertz CT molecular complexity index is 636. The van der Waals surface area contributed by atoms with Gasteiger partial charge in [0, 0.05) is 11.9 Å². The lowest BCUT2D eigenvalue weighted by Gasteiger charge is -2.07. The highest BCUT2D eigenvalue weighted by molar-refractivity contribution is 5.83. The van der Waals surface area contributed by atoms with Crippen LogP contribution in [-0.2, 0) is 9.53 Å². The maximum atomic E-state index is 11.8. The Kier molecular flexibility index (Phi) is 4.15. The van der Waals surface area contributed by atoms with E-state index in [1.807, 2.05) is 24.3 Å². The number of pyridine rings is 1. The van der Waals surface area contributed by atoms with Gasteiger partial charge in [0.25, 0.3) is 5.56 Å². The summed E-state index contributed by atoms with van der Waals surface area (Å²) in [6, 6.07) is 9.12. The molecule has 0 atom stereocenters. The van der Waals surface area contributed by atoms with Crippen LogP contribution < -0.4 is 10.9 Å². The fraction of sp³-hybridized carbons (Fsp3) is 0.231. The number of fused-ring (bicyclic) bond motifs is 1. The zero-order chi connectivity index (χ0) is 13.7. The number of nitrogens with one attached hydrogen (secondary N) is 2. The number of ether oxygens (including phenoxy) is 1. The van der Waals surface area contributed by atoms with E-state index in [0.29, 0.717) is 17.7 Å². The molecule has 2 aromatic rings. The van der Waals surface area contributed by atoms with Crippen molar-refractivity contribution in [1.82, 2.24) is 4.98 Å². The van der Waals surface area contributed by atoms with Crippen molar-refractivity contribution in [3.05, 3.63) is 40.7 Å². The zero-order valence-electron chi connectivity index (χ0n) is 10.2. The second-order valence-electron chi connectivity index (χ2n) is 3.97. The lowest BCUT2D eigenvalue weighted by atomic mass is 10.2. The van der Waals surface area contributed by atoms with E-state index in [4.69, 9.17) is 9.84 Å². The molecule has 0 saturated carbocycles. The smallest absolute Gasteiger partial charge is 0.329 e. The highest BCUT2D eigenvalue weighted by Gasteiger charge is 2.01. The number of carbonyl (C=O) groups is 1. The van der Waals surface area contributed by atoms with Gasteiger partial charge in [0.15, 0.2) is 0 Å². The molecular formula is C13H14N2O4. The number of aromatic nitrogens is 1. The zero-order valence-corrected chi connectivity index (χ0v) is 10.2. The van der Waals surface area contributed by atoms with Crippen LogP contribution in [-0.4, -0.2) is 35.8 Å². The molecule has 0 radical (unpaired) electrons. The van der Waals surface area contributed by atoms with Crippen molar-refractivity contribution < 1.29 is 14.6 Å². The van der Waals surface area contributed by atoms with Gasteiger partial charge in [-0.05, 0) is 17.5 Å². The van der Waals surface area contributed by atoms with Crippen LogP contribution >= 0.6 is 0 Å². The first kappa shape index (κ1) is 13.1. The van der Waals surface area contributed by atoms with E-state index in [1.165, 1.54) is 0 Å². The quantitative estimate of drug-likeness (QED) is 0.677. The van der Waals surface area contributed by atoms with Crippen molar-refractivity contribution in [2.45, 2.75) is 0 Å². The molecular weight excluding hydrogens is 248 g/mol. The summed E-state index contributed by atoms with van der Waals surface area (Å²) in [5.41, 5.74) is -0.160. The number of aromatic amines is 1. The number of H-pyrrole nitrogens is 1. The molecule has 0 aliphatic heterocycles. The molecule has 0 aliphatic carbocycles. The number of carboxylic acid groups (broad SMARTS) is 1. The molecule has 100 valence electrons. The van der Waals surface area contributed by atoms with Gasteiger partial charge in [0.2, 0.25) is 0 Å². The van der Waals surface area contributed by atoms with Gasteiger partial charge < -0.3 is 20.1 Å². The monoisotopic (exact) mass is 262 g/mol. The van der Waals surface area contributed by atoms with Gasteiger partial charge in [-0.15, -0.1) is 0 Å². The van der Waals surface area contributed by atoms with Crippen LogP contribution in [0.3, 0.4) is 0 Å². The number of hydrogen-bond donors (Lipinski definition) is 3. The number of anilines is 1. The van der Waals surface area contributed by atoms with E-state index in [1.54, 1.807) is 6.07 Å². The van der Waals surface area contributed by atoms with Crippen LogP contribution in [0.4, 0.5) is 5.82 Å². The SMILES string of the molecule is O=C(O)COCCNc1cc2ccccc2c(=O)[nH]1. The molecule has 0 saturated heterocycles. The molecule has 0 bridgehead atoms. The maximum absolute atomic E-state index is 11.8. The minimum atomic E-state index is -1.00. The Balaban J connectivity index is 1.98. The van der Waals surface area contributed by atoms with Crippen LogP contribution in [0.25, 0.3) is 10.8 Å². The van der Waals surface area contributed by atoms with Crippen molar-refractivity contribution in [2.24, 2.45) is 0 Å². The van der Waals surface area contributed by atoms with Crippen LogP contribution in [0, 0.1) is 0 Å². The molecule has 6 heteroatoms. The Morgan fingerprint density at radius 2 is 2.16 bits per heavy atom. The van der Waals surface area contributed by atoms with Crippen LogP contribution in [0.2, 0.25) is 0 Å². The van der Waals surface area contributed by atoms with E-state index in [2.05, 4.69) is 10.3 Å². The largest absolute Gasteiger partial charge is 0.480 e. The van der Waals surface area contributed by atoms with Crippen molar-refractivity contribution in [2.75, 3.05) is 25.1 Å². The highest BCUT2D eigenvalue weighted by atomic mass is 16.5. The number of aliphatic carboxylic acids is 1. The lowest BCUT2D eigenvalue weighted by Crippen LogP contribution is -2.16. The molecule has 1 heterocycles. The molecule has 0 fully saturated rings. The molecule has 0 amide bonds. The third-order valence-corrected chi connectivity index (χ3v) is 2.54. The van der Waals surface area contributed by atoms with E-state index in [9.17, 15) is 9.59 Å². The highest BCUT2D eigenvalue weighted by Crippen LogP contribution is 2.12. The van der Waals surface area contributed by atoms with Crippen molar-refractivity contribution in [1.29, 1.82) is 0 Å². The number of rotatable bonds is 6. The summed E-state index contributed by atoms with van der Waals surface area (Å²) >= 11 is 0. The molecule has 1 aromatic carbocycles. The molecule has 0 unspecified atom stereocenters. The third-order valence-electron chi connectivity index (χ3n) is 2.54. The minimum Gasteiger partial charge on any atom is -0.480 e. The van der Waals surface area contributed by atoms with Crippen LogP contribution in [0.5, 0.6) is 0 Å². The van der Waals surface area contributed by atoms with Gasteiger partial charge in [0.05, 0.1) is 6.61 Å². The van der Waals surface area contributed by atoms with Gasteiger partial charge in [0.1, 0.15) is 12.4 Å². The second-order valence-corrected chi connectivity index (χ2v) is 3.97. The third kappa shape index (κ3) is 3.56. The lowest BCUT2D eigenvalue weighted by molar-refractivity contribution is -0.142. The van der Waals surface area contributed by atoms with E-state index < -0.39 is 5.97 Å². The Morgan fingerprint density at radius 1 is 1.37 bits per heavy atom. The molecule has 0 spiro atoms. The Morgan fingerprint density at radius 3 is 2.95 bits per heavy atom. The number of carboxylic acids is 1. The first-order chi connectivity index (χ1) is 9.16. The summed E-state index contributed by atoms with van der Waals surface area (Å²) in [6.45, 7) is 0.346. The van der Waals surface area contributed by atoms with Crippen molar-refractivity contribution >= 4 is 22.6 Å². The minimum absolute atomic E-state index is 0.160. The molecule has 6 nitrogen and oxygen atoms in total. The summed E-state index contributed by atoms with van der Waals surface area (Å²) in [4.78, 5) is 24.7. The van der Waals surface area contributed by atoms with Gasteiger partial charge in [-0.1, -0.05) is 18.2 Å². The van der Waals surface area contributed by atoms with Crippen molar-refractivity contribution in [3.8, 4) is 0 Å². The molecule has 19 heavy (non-hydrogen) atoms. The second kappa shape index (κ2) is 6.01. The van der Waals surface area contributed by atoms with Gasteiger partial charge in [-0.25, -0.2) is 4.79 Å². The van der Waals surface area contributed by atoms with Gasteiger partial charge in [-0.2, -0.15) is 0 Å². The number of benzene rings is 1. The predicted molar refractivity (Wildman–Crippen MR) is 71.5 cm³/mol. The average Bonchev–Trinajstić information content (AvgIpc) is 2.38. The molecule has 1 aromatic heterocycles. The summed E-state index contributed by atoms with van der Waals surface area (Å²) in [7, 11) is 0. The van der Waals surface area contributed by atoms with E-state index >= 15 is 0 Å². The fourth-order valence-electron chi connectivity index (χ4n) is 1.72. The topological polar surface area (TPSA) is 91.4 Å². The maximum Gasteiger partial charge on any atom is 0.329 e. The molecule has 0 aliphatic rings. The van der Waals surface area contributed by atoms with Gasteiger partial charge in [-0.3, -0.25) is 4.79 Å². The average molecular weight is 262 g/mol. The fourth-order valence-corrected chi connectivity index (χ4v) is 1.72. The van der Waals surface area contributed by atoms with E-state index in [0.717, 1.165) is 5.39 Å². The Labute approximate surface area is 109 Å². The van der Waals surface area contributed by atoms with E-state index in [-0.39, 0.29) is 18.8 Å². The van der Waals surface area contributed by atoms with Crippen molar-refractivity contribution in [3.63, 3.8) is 0 Å². The van der Waals surface area contributed by atoms with Gasteiger partial charge >= 0.3 is 5.97 Å². The molecule has 3 N–H and O–H groups in total. The standard InChI is InChI=1S/C13H14N2O4/c16-12(17)8-19-6-5-14-11-7-9-3-1-2-4-10(9)13(18)15-11/h1-4,7H,5-6,8H2,(H,16,17)(H2,14,15,18). The van der Waals surface area contributed by atoms with Crippen LogP contribution in [0.1, 0.15) is 0 Å². The molecule has 2 rings (SSSR count). The Hall–Kier alpha value is -2.34. The summed E-state index contributed by atoms with van der Waals surface area (Å²) < 4.78 is 4.88. The number of hydrogen-bond acceptors (Lipinski definition) is 4. The first-order valence-corrected chi connectivity index (χ1v) is 5.82. The summed E-state index contributed by atoms with van der Waals surface area (Å²) in [5, 5.41) is 12.9. The predicted octanol–water partition coefficient (Wildman–Crippen LogP) is 1.04. The summed E-state index contributed by atoms with van der Waals surface area (Å²) in [5.74, 6) is -0.415.